The predicted molar refractivity (Wildman–Crippen MR) is 78.3 cm³/mol. The van der Waals surface area contributed by atoms with Crippen molar-refractivity contribution < 1.29 is 4.42 Å². The molecule has 7 nitrogen and oxygen atoms in total. The van der Waals surface area contributed by atoms with Gasteiger partial charge in [-0.1, -0.05) is 0 Å². The summed E-state index contributed by atoms with van der Waals surface area (Å²) in [7, 11) is 0. The van der Waals surface area contributed by atoms with Crippen LogP contribution in [0.4, 0.5) is 12.0 Å². The van der Waals surface area contributed by atoms with Gasteiger partial charge in [0.05, 0.1) is 6.20 Å². The number of rotatable bonds is 3. The van der Waals surface area contributed by atoms with Crippen LogP contribution >= 0.6 is 0 Å². The third-order valence-electron chi connectivity index (χ3n) is 4.22. The summed E-state index contributed by atoms with van der Waals surface area (Å²) in [6, 6.07) is 3.20. The number of anilines is 2. The van der Waals surface area contributed by atoms with Crippen LogP contribution < -0.4 is 9.80 Å². The van der Waals surface area contributed by atoms with Gasteiger partial charge in [-0.05, 0) is 6.07 Å². The highest BCUT2D eigenvalue weighted by Gasteiger charge is 2.35. The number of nitrogens with zero attached hydrogens (tertiary/aromatic N) is 6. The Morgan fingerprint density at radius 3 is 2.33 bits per heavy atom. The molecule has 0 amide bonds. The highest BCUT2D eigenvalue weighted by Crippen LogP contribution is 2.23. The highest BCUT2D eigenvalue weighted by atomic mass is 16.4. The third kappa shape index (κ3) is 2.44. The number of piperazine rings is 1. The maximum atomic E-state index is 5.32. The molecule has 2 aliphatic rings. The van der Waals surface area contributed by atoms with Gasteiger partial charge in [-0.3, -0.25) is 4.90 Å². The first-order valence-electron chi connectivity index (χ1n) is 7.30. The molecule has 2 fully saturated rings. The second kappa shape index (κ2) is 5.33. The van der Waals surface area contributed by atoms with Crippen molar-refractivity contribution in [3.8, 4) is 0 Å². The summed E-state index contributed by atoms with van der Waals surface area (Å²) in [6.45, 7) is 6.09. The molecule has 0 saturated carbocycles. The van der Waals surface area contributed by atoms with Crippen molar-refractivity contribution in [3.63, 3.8) is 0 Å². The Balaban J connectivity index is 1.29. The molecule has 0 bridgehead atoms. The molecule has 2 aromatic rings. The van der Waals surface area contributed by atoms with E-state index in [1.54, 1.807) is 24.9 Å². The second-order valence-corrected chi connectivity index (χ2v) is 5.45. The lowest BCUT2D eigenvalue weighted by Crippen LogP contribution is -2.63. The normalized spacial score (nSPS) is 20.6. The zero-order chi connectivity index (χ0) is 14.1. The summed E-state index contributed by atoms with van der Waals surface area (Å²) < 4.78 is 5.32. The monoisotopic (exact) mass is 286 g/mol. The molecule has 110 valence electrons. The van der Waals surface area contributed by atoms with Crippen molar-refractivity contribution in [1.29, 1.82) is 0 Å². The van der Waals surface area contributed by atoms with Gasteiger partial charge in [0.15, 0.2) is 0 Å². The first-order valence-corrected chi connectivity index (χ1v) is 7.30. The fourth-order valence-corrected chi connectivity index (χ4v) is 2.96. The van der Waals surface area contributed by atoms with Crippen molar-refractivity contribution in [2.45, 2.75) is 6.04 Å². The fourth-order valence-electron chi connectivity index (χ4n) is 2.96. The summed E-state index contributed by atoms with van der Waals surface area (Å²) in [5.41, 5.74) is 0. The van der Waals surface area contributed by atoms with E-state index in [-0.39, 0.29) is 0 Å². The van der Waals surface area contributed by atoms with Crippen molar-refractivity contribution in [2.24, 2.45) is 0 Å². The van der Waals surface area contributed by atoms with E-state index in [2.05, 4.69) is 29.7 Å². The van der Waals surface area contributed by atoms with Gasteiger partial charge in [0.25, 0.3) is 6.01 Å². The van der Waals surface area contributed by atoms with E-state index < -0.39 is 0 Å². The third-order valence-corrected chi connectivity index (χ3v) is 4.22. The van der Waals surface area contributed by atoms with Crippen LogP contribution in [0, 0.1) is 0 Å². The predicted octanol–water partition coefficient (Wildman–Crippen LogP) is 0.475. The van der Waals surface area contributed by atoms with Gasteiger partial charge >= 0.3 is 0 Å². The van der Waals surface area contributed by atoms with Gasteiger partial charge in [-0.25, -0.2) is 15.0 Å². The van der Waals surface area contributed by atoms with Gasteiger partial charge in [0.2, 0.25) is 5.95 Å². The Morgan fingerprint density at radius 2 is 1.67 bits per heavy atom. The maximum Gasteiger partial charge on any atom is 0.297 e. The van der Waals surface area contributed by atoms with Crippen molar-refractivity contribution >= 4 is 12.0 Å². The standard InChI is InChI=1S/C14H18N6O/c1-2-15-13(16-3-1)19-7-5-18(6-8-19)12-10-20(11-12)14-17-4-9-21-14/h1-4,9,12H,5-8,10-11H2. The minimum atomic E-state index is 0.607. The topological polar surface area (TPSA) is 61.5 Å². The highest BCUT2D eigenvalue weighted by molar-refractivity contribution is 5.33. The van der Waals surface area contributed by atoms with E-state index in [1.807, 2.05) is 6.07 Å². The molecule has 0 atom stereocenters. The largest absolute Gasteiger partial charge is 0.432 e. The van der Waals surface area contributed by atoms with E-state index in [0.29, 0.717) is 6.04 Å². The molecule has 21 heavy (non-hydrogen) atoms. The number of oxazole rings is 1. The Hall–Kier alpha value is -2.15. The summed E-state index contributed by atoms with van der Waals surface area (Å²) in [5, 5.41) is 0. The lowest BCUT2D eigenvalue weighted by molar-refractivity contribution is 0.153. The van der Waals surface area contributed by atoms with Crippen LogP contribution in [-0.4, -0.2) is 65.2 Å². The molecule has 0 aromatic carbocycles. The quantitative estimate of drug-likeness (QED) is 0.813. The molecule has 0 spiro atoms. The molecule has 2 saturated heterocycles. The molecule has 7 heteroatoms. The molecule has 0 unspecified atom stereocenters. The van der Waals surface area contributed by atoms with Crippen LogP contribution in [0.25, 0.3) is 0 Å². The number of hydrogen-bond acceptors (Lipinski definition) is 7. The van der Waals surface area contributed by atoms with E-state index in [0.717, 1.165) is 51.2 Å². The van der Waals surface area contributed by atoms with Crippen LogP contribution in [0.2, 0.25) is 0 Å². The summed E-state index contributed by atoms with van der Waals surface area (Å²) in [5.74, 6) is 0.840. The zero-order valence-electron chi connectivity index (χ0n) is 11.8. The fraction of sp³-hybridized carbons (Fsp3) is 0.500. The molecule has 0 N–H and O–H groups in total. The van der Waals surface area contributed by atoms with Crippen LogP contribution in [0.1, 0.15) is 0 Å². The minimum Gasteiger partial charge on any atom is -0.432 e. The second-order valence-electron chi connectivity index (χ2n) is 5.45. The average Bonchev–Trinajstić information content (AvgIpc) is 3.01. The van der Waals surface area contributed by atoms with Crippen LogP contribution in [-0.2, 0) is 0 Å². The Kier molecular flexibility index (Phi) is 3.19. The molecule has 2 aliphatic heterocycles. The molecule has 2 aromatic heterocycles. The Morgan fingerprint density at radius 1 is 0.905 bits per heavy atom. The Bertz CT molecular complexity index is 560. The van der Waals surface area contributed by atoms with E-state index in [4.69, 9.17) is 4.42 Å². The molecule has 4 heterocycles. The first-order chi connectivity index (χ1) is 10.4. The Labute approximate surface area is 123 Å². The first kappa shape index (κ1) is 12.6. The number of aromatic nitrogens is 3. The summed E-state index contributed by atoms with van der Waals surface area (Å²) in [6.07, 6.45) is 6.92. The zero-order valence-corrected chi connectivity index (χ0v) is 11.8. The van der Waals surface area contributed by atoms with Crippen molar-refractivity contribution in [1.82, 2.24) is 19.9 Å². The molecular weight excluding hydrogens is 268 g/mol. The van der Waals surface area contributed by atoms with Crippen LogP contribution in [0.3, 0.4) is 0 Å². The maximum absolute atomic E-state index is 5.32. The molecule has 4 rings (SSSR count). The lowest BCUT2D eigenvalue weighted by Gasteiger charge is -2.47. The number of hydrogen-bond donors (Lipinski definition) is 0. The smallest absolute Gasteiger partial charge is 0.297 e. The SMILES string of the molecule is c1cnc(N2CCN(C3CN(c4ncco4)C3)CC2)nc1. The van der Waals surface area contributed by atoms with Crippen LogP contribution in [0.5, 0.6) is 0 Å². The van der Waals surface area contributed by atoms with Gasteiger partial charge in [-0.15, -0.1) is 0 Å². The van der Waals surface area contributed by atoms with Gasteiger partial charge < -0.3 is 14.2 Å². The average molecular weight is 286 g/mol. The van der Waals surface area contributed by atoms with Gasteiger partial charge in [0.1, 0.15) is 6.26 Å². The lowest BCUT2D eigenvalue weighted by atomic mass is 10.1. The molecule has 0 aliphatic carbocycles. The van der Waals surface area contributed by atoms with Crippen molar-refractivity contribution in [2.75, 3.05) is 49.1 Å². The van der Waals surface area contributed by atoms with Crippen molar-refractivity contribution in [3.05, 3.63) is 30.9 Å². The van der Waals surface area contributed by atoms with E-state index >= 15 is 0 Å². The summed E-state index contributed by atoms with van der Waals surface area (Å²) in [4.78, 5) is 19.8. The minimum absolute atomic E-state index is 0.607. The molecular formula is C14H18N6O. The van der Waals surface area contributed by atoms with Gasteiger partial charge in [-0.2, -0.15) is 0 Å². The molecule has 0 radical (unpaired) electrons. The van der Waals surface area contributed by atoms with Gasteiger partial charge in [0, 0.05) is 57.7 Å². The van der Waals surface area contributed by atoms with Crippen LogP contribution in [0.15, 0.2) is 35.3 Å². The summed E-state index contributed by atoms with van der Waals surface area (Å²) >= 11 is 0. The van der Waals surface area contributed by atoms with E-state index in [9.17, 15) is 0 Å². The van der Waals surface area contributed by atoms with E-state index in [1.165, 1.54) is 0 Å².